The maximum absolute atomic E-state index is 11.7. The number of aromatic carboxylic acids is 1. The second-order valence-corrected chi connectivity index (χ2v) is 4.48. The van der Waals surface area contributed by atoms with Crippen LogP contribution in [-0.4, -0.2) is 16.1 Å². The maximum atomic E-state index is 11.7. The predicted molar refractivity (Wildman–Crippen MR) is 77.0 cm³/mol. The molecule has 0 saturated carbocycles. The maximum Gasteiger partial charge on any atom is 0.341 e. The summed E-state index contributed by atoms with van der Waals surface area (Å²) in [4.78, 5) is 25.1. The Labute approximate surface area is 114 Å². The van der Waals surface area contributed by atoms with E-state index >= 15 is 0 Å². The highest BCUT2D eigenvalue weighted by Crippen LogP contribution is 2.22. The Morgan fingerprint density at radius 2 is 1.70 bits per heavy atom. The summed E-state index contributed by atoms with van der Waals surface area (Å²) in [5.41, 5.74) is 0.598. The number of carbonyl (C=O) groups is 1. The van der Waals surface area contributed by atoms with Gasteiger partial charge in [0.15, 0.2) is 0 Å². The highest BCUT2D eigenvalue weighted by atomic mass is 16.4. The molecule has 0 aliphatic rings. The van der Waals surface area contributed by atoms with Gasteiger partial charge in [0.05, 0.1) is 0 Å². The van der Waals surface area contributed by atoms with Crippen molar-refractivity contribution in [2.24, 2.45) is 0 Å². The number of pyridine rings is 1. The van der Waals surface area contributed by atoms with Crippen LogP contribution in [0.5, 0.6) is 0 Å². The van der Waals surface area contributed by atoms with Crippen molar-refractivity contribution in [1.82, 2.24) is 4.98 Å². The molecular weight excluding hydrogens is 254 g/mol. The van der Waals surface area contributed by atoms with Gasteiger partial charge in [-0.15, -0.1) is 0 Å². The summed E-state index contributed by atoms with van der Waals surface area (Å²) in [6.07, 6.45) is 0. The van der Waals surface area contributed by atoms with E-state index in [1.54, 1.807) is 6.07 Å². The molecule has 4 nitrogen and oxygen atoms in total. The second kappa shape index (κ2) is 4.66. The minimum atomic E-state index is -1.23. The second-order valence-electron chi connectivity index (χ2n) is 4.48. The van der Waals surface area contributed by atoms with Crippen molar-refractivity contribution < 1.29 is 9.90 Å². The number of nitrogens with one attached hydrogen (secondary N) is 1. The number of fused-ring (bicyclic) bond motifs is 1. The third-order valence-electron chi connectivity index (χ3n) is 3.20. The van der Waals surface area contributed by atoms with Crippen molar-refractivity contribution in [3.8, 4) is 11.3 Å². The smallest absolute Gasteiger partial charge is 0.341 e. The van der Waals surface area contributed by atoms with Gasteiger partial charge in [0, 0.05) is 5.69 Å². The zero-order chi connectivity index (χ0) is 14.1. The molecule has 0 aliphatic carbocycles. The van der Waals surface area contributed by atoms with E-state index in [4.69, 9.17) is 5.11 Å². The molecule has 0 fully saturated rings. The van der Waals surface area contributed by atoms with Crippen molar-refractivity contribution in [3.63, 3.8) is 0 Å². The number of carboxylic acid groups (broad SMARTS) is 1. The summed E-state index contributed by atoms with van der Waals surface area (Å²) < 4.78 is 0. The van der Waals surface area contributed by atoms with Crippen molar-refractivity contribution in [2.75, 3.05) is 0 Å². The van der Waals surface area contributed by atoms with Crippen LogP contribution in [0.2, 0.25) is 0 Å². The van der Waals surface area contributed by atoms with E-state index in [1.165, 1.54) is 6.07 Å². The molecule has 3 aromatic rings. The van der Waals surface area contributed by atoms with E-state index in [2.05, 4.69) is 4.98 Å². The monoisotopic (exact) mass is 265 g/mol. The van der Waals surface area contributed by atoms with E-state index in [0.717, 1.165) is 16.3 Å². The number of benzene rings is 2. The van der Waals surface area contributed by atoms with Crippen molar-refractivity contribution in [3.05, 3.63) is 70.5 Å². The SMILES string of the molecule is O=C(O)c1ccc(-c2ccc3ccccc3c2)[nH]c1=O. The van der Waals surface area contributed by atoms with Gasteiger partial charge in [-0.2, -0.15) is 0 Å². The summed E-state index contributed by atoms with van der Waals surface area (Å²) in [5, 5.41) is 11.0. The molecule has 0 saturated heterocycles. The largest absolute Gasteiger partial charge is 0.477 e. The third kappa shape index (κ3) is 2.07. The number of hydrogen-bond acceptors (Lipinski definition) is 2. The molecule has 0 aliphatic heterocycles. The Kier molecular flexibility index (Phi) is 2.84. The molecule has 2 N–H and O–H groups in total. The Bertz CT molecular complexity index is 865. The van der Waals surface area contributed by atoms with E-state index in [0.29, 0.717) is 5.69 Å². The molecule has 0 bridgehead atoms. The molecule has 0 unspecified atom stereocenters. The Morgan fingerprint density at radius 3 is 2.40 bits per heavy atom. The molecule has 4 heteroatoms. The van der Waals surface area contributed by atoms with Gasteiger partial charge < -0.3 is 10.1 Å². The van der Waals surface area contributed by atoms with Gasteiger partial charge in [0.2, 0.25) is 0 Å². The summed E-state index contributed by atoms with van der Waals surface area (Å²) >= 11 is 0. The van der Waals surface area contributed by atoms with Crippen LogP contribution in [-0.2, 0) is 0 Å². The number of H-pyrrole nitrogens is 1. The van der Waals surface area contributed by atoms with Crippen LogP contribution < -0.4 is 5.56 Å². The molecular formula is C16H11NO3. The van der Waals surface area contributed by atoms with Gasteiger partial charge in [0.25, 0.3) is 5.56 Å². The van der Waals surface area contributed by atoms with Crippen molar-refractivity contribution >= 4 is 16.7 Å². The molecule has 2 aromatic carbocycles. The first-order chi connectivity index (χ1) is 9.65. The highest BCUT2D eigenvalue weighted by molar-refractivity contribution is 5.89. The summed E-state index contributed by atoms with van der Waals surface area (Å²) in [7, 11) is 0. The van der Waals surface area contributed by atoms with Crippen molar-refractivity contribution in [1.29, 1.82) is 0 Å². The number of rotatable bonds is 2. The molecule has 1 heterocycles. The minimum absolute atomic E-state index is 0.255. The van der Waals surface area contributed by atoms with Gasteiger partial charge in [-0.25, -0.2) is 4.79 Å². The highest BCUT2D eigenvalue weighted by Gasteiger charge is 2.09. The number of aromatic amines is 1. The molecule has 0 spiro atoms. The van der Waals surface area contributed by atoms with Crippen LogP contribution in [0, 0.1) is 0 Å². The van der Waals surface area contributed by atoms with Crippen LogP contribution in [0.4, 0.5) is 0 Å². The zero-order valence-electron chi connectivity index (χ0n) is 10.5. The van der Waals surface area contributed by atoms with Gasteiger partial charge >= 0.3 is 5.97 Å². The van der Waals surface area contributed by atoms with Crippen LogP contribution in [0.25, 0.3) is 22.0 Å². The first-order valence-corrected chi connectivity index (χ1v) is 6.11. The molecule has 1 aromatic heterocycles. The molecule has 98 valence electrons. The fraction of sp³-hybridized carbons (Fsp3) is 0. The van der Waals surface area contributed by atoms with Gasteiger partial charge in [0.1, 0.15) is 5.56 Å². The van der Waals surface area contributed by atoms with Crippen LogP contribution in [0.1, 0.15) is 10.4 Å². The Morgan fingerprint density at radius 1 is 0.950 bits per heavy atom. The molecule has 20 heavy (non-hydrogen) atoms. The van der Waals surface area contributed by atoms with Gasteiger partial charge in [-0.1, -0.05) is 36.4 Å². The van der Waals surface area contributed by atoms with Gasteiger partial charge in [-0.3, -0.25) is 4.79 Å². The predicted octanol–water partition coefficient (Wildman–Crippen LogP) is 2.89. The van der Waals surface area contributed by atoms with Crippen LogP contribution >= 0.6 is 0 Å². The average Bonchev–Trinajstić information content (AvgIpc) is 2.46. The zero-order valence-corrected chi connectivity index (χ0v) is 10.5. The first kappa shape index (κ1) is 12.2. The quantitative estimate of drug-likeness (QED) is 0.748. The molecule has 3 rings (SSSR count). The lowest BCUT2D eigenvalue weighted by Crippen LogP contribution is -2.17. The molecule has 0 radical (unpaired) electrons. The van der Waals surface area contributed by atoms with Crippen molar-refractivity contribution in [2.45, 2.75) is 0 Å². The average molecular weight is 265 g/mol. The topological polar surface area (TPSA) is 70.2 Å². The summed E-state index contributed by atoms with van der Waals surface area (Å²) in [6.45, 7) is 0. The van der Waals surface area contributed by atoms with Gasteiger partial charge in [-0.05, 0) is 34.5 Å². The minimum Gasteiger partial charge on any atom is -0.477 e. The molecule has 0 atom stereocenters. The molecule has 0 amide bonds. The fourth-order valence-corrected chi connectivity index (χ4v) is 2.17. The van der Waals surface area contributed by atoms with E-state index < -0.39 is 11.5 Å². The van der Waals surface area contributed by atoms with E-state index in [1.807, 2.05) is 42.5 Å². The number of hydrogen-bond donors (Lipinski definition) is 2. The third-order valence-corrected chi connectivity index (χ3v) is 3.20. The Balaban J connectivity index is 2.13. The standard InChI is InChI=1S/C16H11NO3/c18-15-13(16(19)20)7-8-14(17-15)12-6-5-10-3-1-2-4-11(10)9-12/h1-9H,(H,17,18)(H,19,20). The lowest BCUT2D eigenvalue weighted by molar-refractivity contribution is 0.0695. The fourth-order valence-electron chi connectivity index (χ4n) is 2.17. The van der Waals surface area contributed by atoms with E-state index in [9.17, 15) is 9.59 Å². The normalized spacial score (nSPS) is 10.6. The first-order valence-electron chi connectivity index (χ1n) is 6.11. The lowest BCUT2D eigenvalue weighted by atomic mass is 10.0. The summed E-state index contributed by atoms with van der Waals surface area (Å²) in [5.74, 6) is -1.23. The number of aromatic nitrogens is 1. The summed E-state index contributed by atoms with van der Waals surface area (Å²) in [6, 6.07) is 16.7. The van der Waals surface area contributed by atoms with E-state index in [-0.39, 0.29) is 5.56 Å². The Hall–Kier alpha value is -2.88. The number of carboxylic acids is 1. The lowest BCUT2D eigenvalue weighted by Gasteiger charge is -2.04. The van der Waals surface area contributed by atoms with Crippen LogP contribution in [0.3, 0.4) is 0 Å². The van der Waals surface area contributed by atoms with Crippen LogP contribution in [0.15, 0.2) is 59.4 Å².